The van der Waals surface area contributed by atoms with Crippen LogP contribution in [0.4, 0.5) is 0 Å². The second-order valence-electron chi connectivity index (χ2n) is 3.49. The van der Waals surface area contributed by atoms with E-state index in [-0.39, 0.29) is 12.0 Å². The van der Waals surface area contributed by atoms with E-state index in [1.54, 1.807) is 6.07 Å². The van der Waals surface area contributed by atoms with Gasteiger partial charge in [0.15, 0.2) is 5.78 Å². The SMILES string of the molecule is CN(N=O)C(O)CC(O)C(=O)c1cccnc1. The summed E-state index contributed by atoms with van der Waals surface area (Å²) in [6.45, 7) is 0. The first-order chi connectivity index (χ1) is 8.06. The quantitative estimate of drug-likeness (QED) is 0.312. The second-order valence-corrected chi connectivity index (χ2v) is 3.49. The summed E-state index contributed by atoms with van der Waals surface area (Å²) >= 11 is 0. The van der Waals surface area contributed by atoms with Crippen molar-refractivity contribution in [2.75, 3.05) is 7.05 Å². The van der Waals surface area contributed by atoms with Crippen LogP contribution in [0.15, 0.2) is 29.8 Å². The molecule has 1 aromatic heterocycles. The molecule has 17 heavy (non-hydrogen) atoms. The molecule has 0 bridgehead atoms. The lowest BCUT2D eigenvalue weighted by atomic mass is 10.1. The zero-order valence-electron chi connectivity index (χ0n) is 9.22. The molecule has 7 heteroatoms. The summed E-state index contributed by atoms with van der Waals surface area (Å²) in [7, 11) is 1.25. The Labute approximate surface area is 97.7 Å². The van der Waals surface area contributed by atoms with Gasteiger partial charge in [-0.25, -0.2) is 5.01 Å². The Bertz CT molecular complexity index is 384. The summed E-state index contributed by atoms with van der Waals surface area (Å²) in [5.74, 6) is -0.559. The summed E-state index contributed by atoms with van der Waals surface area (Å²) in [6, 6.07) is 3.07. The van der Waals surface area contributed by atoms with Gasteiger partial charge in [0, 0.05) is 31.4 Å². The van der Waals surface area contributed by atoms with Crippen molar-refractivity contribution >= 4 is 5.78 Å². The minimum atomic E-state index is -1.40. The Hall–Kier alpha value is -1.86. The highest BCUT2D eigenvalue weighted by Gasteiger charge is 2.23. The summed E-state index contributed by atoms with van der Waals surface area (Å²) in [4.78, 5) is 25.5. The fourth-order valence-electron chi connectivity index (χ4n) is 1.21. The largest absolute Gasteiger partial charge is 0.385 e. The van der Waals surface area contributed by atoms with Crippen LogP contribution >= 0.6 is 0 Å². The fraction of sp³-hybridized carbons (Fsp3) is 0.400. The fourth-order valence-corrected chi connectivity index (χ4v) is 1.21. The normalized spacial score (nSPS) is 13.8. The predicted octanol–water partition coefficient (Wildman–Crippen LogP) is -0.0531. The van der Waals surface area contributed by atoms with Gasteiger partial charge in [-0.05, 0) is 12.1 Å². The third-order valence-electron chi connectivity index (χ3n) is 2.24. The van der Waals surface area contributed by atoms with Crippen LogP contribution in [0.2, 0.25) is 0 Å². The number of aliphatic hydroxyl groups is 2. The number of hydrogen-bond donors (Lipinski definition) is 2. The molecule has 0 aromatic carbocycles. The van der Waals surface area contributed by atoms with E-state index < -0.39 is 18.1 Å². The molecule has 1 aromatic rings. The molecule has 0 aliphatic heterocycles. The molecule has 2 unspecified atom stereocenters. The van der Waals surface area contributed by atoms with Crippen LogP contribution in [0.3, 0.4) is 0 Å². The predicted molar refractivity (Wildman–Crippen MR) is 58.8 cm³/mol. The lowest BCUT2D eigenvalue weighted by Gasteiger charge is -2.19. The molecule has 0 aliphatic rings. The minimum Gasteiger partial charge on any atom is -0.385 e. The van der Waals surface area contributed by atoms with Crippen molar-refractivity contribution in [3.63, 3.8) is 0 Å². The van der Waals surface area contributed by atoms with E-state index in [0.29, 0.717) is 0 Å². The number of carbonyl (C=O) groups excluding carboxylic acids is 1. The van der Waals surface area contributed by atoms with Gasteiger partial charge in [-0.15, -0.1) is 4.91 Å². The number of aromatic nitrogens is 1. The average molecular weight is 239 g/mol. The number of pyridine rings is 1. The van der Waals surface area contributed by atoms with Gasteiger partial charge in [-0.2, -0.15) is 0 Å². The highest BCUT2D eigenvalue weighted by atomic mass is 16.3. The van der Waals surface area contributed by atoms with E-state index >= 15 is 0 Å². The molecule has 0 saturated carbocycles. The monoisotopic (exact) mass is 239 g/mol. The highest BCUT2D eigenvalue weighted by molar-refractivity contribution is 5.98. The van der Waals surface area contributed by atoms with Gasteiger partial charge >= 0.3 is 0 Å². The van der Waals surface area contributed by atoms with Gasteiger partial charge in [-0.1, -0.05) is 0 Å². The average Bonchev–Trinajstić information content (AvgIpc) is 2.37. The van der Waals surface area contributed by atoms with Crippen LogP contribution in [0.5, 0.6) is 0 Å². The lowest BCUT2D eigenvalue weighted by Crippen LogP contribution is -2.33. The molecule has 2 atom stereocenters. The number of hydrogen-bond acceptors (Lipinski definition) is 6. The Morgan fingerprint density at radius 1 is 1.59 bits per heavy atom. The number of carbonyl (C=O) groups is 1. The van der Waals surface area contributed by atoms with E-state index in [1.807, 2.05) is 0 Å². The molecule has 0 fully saturated rings. The first kappa shape index (κ1) is 13.2. The standard InChI is InChI=1S/C10H13N3O4/c1-13(12-17)9(15)5-8(14)10(16)7-3-2-4-11-6-7/h2-4,6,8-9,14-15H,5H2,1H3. The first-order valence-electron chi connectivity index (χ1n) is 4.92. The lowest BCUT2D eigenvalue weighted by molar-refractivity contribution is -0.0130. The number of rotatable bonds is 6. The zero-order chi connectivity index (χ0) is 12.8. The third kappa shape index (κ3) is 3.58. The van der Waals surface area contributed by atoms with Crippen molar-refractivity contribution in [3.8, 4) is 0 Å². The van der Waals surface area contributed by atoms with Crippen molar-refractivity contribution in [1.29, 1.82) is 0 Å². The summed E-state index contributed by atoms with van der Waals surface area (Å²) in [5.41, 5.74) is 0.244. The summed E-state index contributed by atoms with van der Waals surface area (Å²) in [5, 5.41) is 22.2. The summed E-state index contributed by atoms with van der Waals surface area (Å²) < 4.78 is 0. The molecule has 0 saturated heterocycles. The van der Waals surface area contributed by atoms with Gasteiger partial charge in [0.2, 0.25) is 0 Å². The van der Waals surface area contributed by atoms with E-state index in [9.17, 15) is 19.9 Å². The maximum Gasteiger partial charge on any atom is 0.192 e. The maximum absolute atomic E-state index is 11.7. The maximum atomic E-state index is 11.7. The van der Waals surface area contributed by atoms with Crippen molar-refractivity contribution in [3.05, 3.63) is 35.0 Å². The Morgan fingerprint density at radius 3 is 2.82 bits per heavy atom. The van der Waals surface area contributed by atoms with Gasteiger partial charge in [-0.3, -0.25) is 9.78 Å². The Balaban J connectivity index is 2.62. The molecule has 2 N–H and O–H groups in total. The number of ketones is 1. The van der Waals surface area contributed by atoms with Gasteiger partial charge in [0.25, 0.3) is 0 Å². The van der Waals surface area contributed by atoms with Gasteiger partial charge in [0.05, 0.1) is 5.29 Å². The number of Topliss-reactive ketones (excluding diaryl/α,β-unsaturated/α-hetero) is 1. The van der Waals surface area contributed by atoms with Crippen molar-refractivity contribution in [2.45, 2.75) is 18.8 Å². The van der Waals surface area contributed by atoms with E-state index in [2.05, 4.69) is 10.3 Å². The van der Waals surface area contributed by atoms with Crippen molar-refractivity contribution < 1.29 is 15.0 Å². The molecule has 0 amide bonds. The van der Waals surface area contributed by atoms with Crippen LogP contribution < -0.4 is 0 Å². The molecule has 7 nitrogen and oxygen atoms in total. The molecule has 92 valence electrons. The van der Waals surface area contributed by atoms with E-state index in [0.717, 1.165) is 5.01 Å². The van der Waals surface area contributed by atoms with E-state index in [4.69, 9.17) is 0 Å². The topological polar surface area (TPSA) is 103 Å². The number of nitroso groups, excluding NO2 is 1. The van der Waals surface area contributed by atoms with Gasteiger partial charge < -0.3 is 10.2 Å². The second kappa shape index (κ2) is 6.02. The van der Waals surface area contributed by atoms with E-state index in [1.165, 1.54) is 25.5 Å². The van der Waals surface area contributed by atoms with Crippen molar-refractivity contribution in [2.24, 2.45) is 5.29 Å². The molecule has 1 rings (SSSR count). The molecular formula is C10H13N3O4. The van der Waals surface area contributed by atoms with Crippen LogP contribution in [-0.2, 0) is 0 Å². The molecular weight excluding hydrogens is 226 g/mol. The molecule has 0 spiro atoms. The Kier molecular flexibility index (Phi) is 4.68. The molecule has 1 heterocycles. The third-order valence-corrected chi connectivity index (χ3v) is 2.24. The van der Waals surface area contributed by atoms with Crippen LogP contribution in [-0.4, -0.2) is 45.4 Å². The molecule has 0 aliphatic carbocycles. The smallest absolute Gasteiger partial charge is 0.192 e. The molecule has 0 radical (unpaired) electrons. The number of aliphatic hydroxyl groups excluding tert-OH is 2. The van der Waals surface area contributed by atoms with Gasteiger partial charge in [0.1, 0.15) is 12.3 Å². The first-order valence-corrected chi connectivity index (χ1v) is 4.92. The Morgan fingerprint density at radius 2 is 2.29 bits per heavy atom. The van der Waals surface area contributed by atoms with Crippen LogP contribution in [0, 0.1) is 4.91 Å². The number of nitrogens with zero attached hydrogens (tertiary/aromatic N) is 3. The van der Waals surface area contributed by atoms with Crippen LogP contribution in [0.1, 0.15) is 16.8 Å². The zero-order valence-corrected chi connectivity index (χ0v) is 9.22. The highest BCUT2D eigenvalue weighted by Crippen LogP contribution is 2.09. The minimum absolute atomic E-state index is 0.244. The van der Waals surface area contributed by atoms with Crippen LogP contribution in [0.25, 0.3) is 0 Å². The van der Waals surface area contributed by atoms with Crippen molar-refractivity contribution in [1.82, 2.24) is 9.99 Å². The summed E-state index contributed by atoms with van der Waals surface area (Å²) in [6.07, 6.45) is -0.181.